The van der Waals surface area contributed by atoms with Crippen molar-refractivity contribution < 1.29 is 14.6 Å². The summed E-state index contributed by atoms with van der Waals surface area (Å²) in [7, 11) is 0. The smallest absolute Gasteiger partial charge is 0.407 e. The lowest BCUT2D eigenvalue weighted by atomic mass is 9.90. The Bertz CT molecular complexity index is 258. The zero-order chi connectivity index (χ0) is 12.4. The highest BCUT2D eigenvalue weighted by molar-refractivity contribution is 5.68. The summed E-state index contributed by atoms with van der Waals surface area (Å²) in [6.07, 6.45) is 0.228. The second-order valence-electron chi connectivity index (χ2n) is 5.52. The van der Waals surface area contributed by atoms with Crippen LogP contribution in [-0.2, 0) is 4.74 Å². The first-order valence-corrected chi connectivity index (χ1v) is 5.63. The summed E-state index contributed by atoms with van der Waals surface area (Å²) < 4.78 is 5.15. The molecule has 3 N–H and O–H groups in total. The van der Waals surface area contributed by atoms with E-state index in [0.717, 1.165) is 6.54 Å². The highest BCUT2D eigenvalue weighted by atomic mass is 16.6. The number of piperidine rings is 1. The van der Waals surface area contributed by atoms with Gasteiger partial charge in [-0.05, 0) is 40.7 Å². The van der Waals surface area contributed by atoms with Gasteiger partial charge in [0.05, 0.1) is 11.6 Å². The van der Waals surface area contributed by atoms with Crippen molar-refractivity contribution >= 4 is 6.09 Å². The van der Waals surface area contributed by atoms with E-state index in [1.807, 2.05) is 20.8 Å². The quantitative estimate of drug-likeness (QED) is 0.617. The van der Waals surface area contributed by atoms with Gasteiger partial charge in [-0.15, -0.1) is 0 Å². The summed E-state index contributed by atoms with van der Waals surface area (Å²) in [5.74, 6) is 0. The molecule has 1 aliphatic rings. The van der Waals surface area contributed by atoms with Crippen molar-refractivity contribution in [3.63, 3.8) is 0 Å². The average molecular weight is 230 g/mol. The summed E-state index contributed by atoms with van der Waals surface area (Å²) in [6, 6.07) is -0.261. The van der Waals surface area contributed by atoms with Crippen molar-refractivity contribution in [1.29, 1.82) is 0 Å². The minimum atomic E-state index is -0.921. The molecule has 1 heterocycles. The Morgan fingerprint density at radius 3 is 2.69 bits per heavy atom. The zero-order valence-corrected chi connectivity index (χ0v) is 10.5. The highest BCUT2D eigenvalue weighted by Crippen LogP contribution is 2.16. The average Bonchev–Trinajstić information content (AvgIpc) is 2.05. The summed E-state index contributed by atoms with van der Waals surface area (Å²) in [6.45, 7) is 8.42. The Labute approximate surface area is 96.6 Å². The summed E-state index contributed by atoms with van der Waals surface area (Å²) in [5.41, 5.74) is -1.43. The van der Waals surface area contributed by atoms with Crippen LogP contribution in [0.5, 0.6) is 0 Å². The molecule has 2 atom stereocenters. The van der Waals surface area contributed by atoms with Crippen LogP contribution < -0.4 is 10.6 Å². The van der Waals surface area contributed by atoms with Crippen molar-refractivity contribution in [2.75, 3.05) is 13.1 Å². The highest BCUT2D eigenvalue weighted by Gasteiger charge is 2.36. The normalized spacial score (nSPS) is 30.9. The van der Waals surface area contributed by atoms with Gasteiger partial charge in [0.15, 0.2) is 0 Å². The van der Waals surface area contributed by atoms with E-state index in [4.69, 9.17) is 4.74 Å². The van der Waals surface area contributed by atoms with Gasteiger partial charge in [0.1, 0.15) is 5.60 Å². The molecule has 0 radical (unpaired) electrons. The maximum Gasteiger partial charge on any atom is 0.407 e. The number of hydrogen-bond acceptors (Lipinski definition) is 4. The van der Waals surface area contributed by atoms with Gasteiger partial charge >= 0.3 is 6.09 Å². The molecule has 1 rings (SSSR count). The predicted octanol–water partition coefficient (Wildman–Crippen LogP) is 0.624. The van der Waals surface area contributed by atoms with Gasteiger partial charge in [-0.25, -0.2) is 4.79 Å². The van der Waals surface area contributed by atoms with Gasteiger partial charge < -0.3 is 20.5 Å². The molecule has 16 heavy (non-hydrogen) atoms. The van der Waals surface area contributed by atoms with Crippen LogP contribution in [0.1, 0.15) is 34.1 Å². The van der Waals surface area contributed by atoms with Gasteiger partial charge in [-0.1, -0.05) is 0 Å². The molecule has 1 saturated heterocycles. The monoisotopic (exact) mass is 230 g/mol. The molecule has 0 aromatic rings. The third-order valence-electron chi connectivity index (χ3n) is 2.53. The molecule has 0 aromatic carbocycles. The number of alkyl carbamates (subject to hydrolysis) is 1. The first-order chi connectivity index (χ1) is 7.21. The molecule has 0 saturated carbocycles. The van der Waals surface area contributed by atoms with E-state index < -0.39 is 17.3 Å². The summed E-state index contributed by atoms with van der Waals surface area (Å²) >= 11 is 0. The molecule has 1 aliphatic heterocycles. The molecule has 1 fully saturated rings. The van der Waals surface area contributed by atoms with Crippen LogP contribution in [-0.4, -0.2) is 41.5 Å². The number of carbonyl (C=O) groups excluding carboxylic acids is 1. The fraction of sp³-hybridized carbons (Fsp3) is 0.909. The number of nitrogens with one attached hydrogen (secondary N) is 2. The van der Waals surface area contributed by atoms with E-state index in [-0.39, 0.29) is 6.04 Å². The third kappa shape index (κ3) is 3.98. The van der Waals surface area contributed by atoms with E-state index in [1.165, 1.54) is 0 Å². The molecular formula is C11H22N2O3. The molecule has 0 spiro atoms. The standard InChI is InChI=1S/C11H22N2O3/c1-10(2,3)16-9(14)13-8-5-6-12-7-11(8,4)15/h8,12,15H,5-7H2,1-4H3,(H,13,14)/t8-,11-/m0/s1. The Morgan fingerprint density at radius 1 is 1.56 bits per heavy atom. The lowest BCUT2D eigenvalue weighted by Gasteiger charge is -2.38. The number of rotatable bonds is 1. The molecule has 0 aromatic heterocycles. The molecule has 0 bridgehead atoms. The number of carbonyl (C=O) groups is 1. The summed E-state index contributed by atoms with van der Waals surface area (Å²) in [4.78, 5) is 11.5. The molecule has 94 valence electrons. The van der Waals surface area contributed by atoms with Crippen molar-refractivity contribution in [1.82, 2.24) is 10.6 Å². The number of hydrogen-bond donors (Lipinski definition) is 3. The van der Waals surface area contributed by atoms with E-state index in [9.17, 15) is 9.90 Å². The Morgan fingerprint density at radius 2 is 2.19 bits per heavy atom. The molecule has 5 heteroatoms. The number of ether oxygens (including phenoxy) is 1. The van der Waals surface area contributed by atoms with Gasteiger partial charge in [-0.2, -0.15) is 0 Å². The van der Waals surface area contributed by atoms with Crippen LogP contribution in [0, 0.1) is 0 Å². The molecule has 1 amide bonds. The zero-order valence-electron chi connectivity index (χ0n) is 10.5. The van der Waals surface area contributed by atoms with Crippen molar-refractivity contribution in [2.24, 2.45) is 0 Å². The predicted molar refractivity (Wildman–Crippen MR) is 61.3 cm³/mol. The van der Waals surface area contributed by atoms with E-state index in [0.29, 0.717) is 13.0 Å². The van der Waals surface area contributed by atoms with Crippen molar-refractivity contribution in [2.45, 2.75) is 51.4 Å². The van der Waals surface area contributed by atoms with Gasteiger partial charge in [0.25, 0.3) is 0 Å². The maximum atomic E-state index is 11.5. The van der Waals surface area contributed by atoms with Gasteiger partial charge in [-0.3, -0.25) is 0 Å². The van der Waals surface area contributed by atoms with Crippen molar-refractivity contribution in [3.05, 3.63) is 0 Å². The largest absolute Gasteiger partial charge is 0.444 e. The lowest BCUT2D eigenvalue weighted by Crippen LogP contribution is -2.60. The van der Waals surface area contributed by atoms with E-state index >= 15 is 0 Å². The first kappa shape index (κ1) is 13.3. The van der Waals surface area contributed by atoms with E-state index in [1.54, 1.807) is 6.92 Å². The molecule has 0 aliphatic carbocycles. The maximum absolute atomic E-state index is 11.5. The lowest BCUT2D eigenvalue weighted by molar-refractivity contribution is -0.00724. The minimum Gasteiger partial charge on any atom is -0.444 e. The van der Waals surface area contributed by atoms with Gasteiger partial charge in [0, 0.05) is 6.54 Å². The second kappa shape index (κ2) is 4.59. The van der Waals surface area contributed by atoms with Crippen LogP contribution in [0.2, 0.25) is 0 Å². The van der Waals surface area contributed by atoms with Crippen molar-refractivity contribution in [3.8, 4) is 0 Å². The number of β-amino-alcohol motifs (C(OH)–C–C–N with tert-alkyl or cyclic N) is 1. The van der Waals surface area contributed by atoms with Crippen LogP contribution >= 0.6 is 0 Å². The Hall–Kier alpha value is -0.810. The minimum absolute atomic E-state index is 0.261. The van der Waals surface area contributed by atoms with Crippen LogP contribution in [0.25, 0.3) is 0 Å². The fourth-order valence-corrected chi connectivity index (χ4v) is 1.70. The topological polar surface area (TPSA) is 70.6 Å². The molecule has 0 unspecified atom stereocenters. The van der Waals surface area contributed by atoms with Crippen LogP contribution in [0.15, 0.2) is 0 Å². The number of aliphatic hydroxyl groups is 1. The van der Waals surface area contributed by atoms with Crippen LogP contribution in [0.4, 0.5) is 4.79 Å². The number of amides is 1. The van der Waals surface area contributed by atoms with E-state index in [2.05, 4.69) is 10.6 Å². The van der Waals surface area contributed by atoms with Crippen LogP contribution in [0.3, 0.4) is 0 Å². The SMILES string of the molecule is CC(C)(C)OC(=O)N[C@H]1CCNC[C@]1(C)O. The first-order valence-electron chi connectivity index (χ1n) is 5.63. The summed E-state index contributed by atoms with van der Waals surface area (Å²) in [5, 5.41) is 15.8. The Kier molecular flexibility index (Phi) is 3.80. The van der Waals surface area contributed by atoms with Gasteiger partial charge in [0.2, 0.25) is 0 Å². The molecular weight excluding hydrogens is 208 g/mol. The fourth-order valence-electron chi connectivity index (χ4n) is 1.70. The Balaban J connectivity index is 2.49. The second-order valence-corrected chi connectivity index (χ2v) is 5.52. The third-order valence-corrected chi connectivity index (χ3v) is 2.53. The molecule has 5 nitrogen and oxygen atoms in total.